The van der Waals surface area contributed by atoms with E-state index in [1.54, 1.807) is 0 Å². The minimum atomic E-state index is -0.431. The Bertz CT molecular complexity index is 368. The molecule has 0 radical (unpaired) electrons. The molecule has 0 amide bonds. The predicted molar refractivity (Wildman–Crippen MR) is 69.3 cm³/mol. The number of benzene rings is 1. The Morgan fingerprint density at radius 3 is 2.41 bits per heavy atom. The zero-order valence-corrected chi connectivity index (χ0v) is 10.8. The van der Waals surface area contributed by atoms with Gasteiger partial charge in [0, 0.05) is 24.3 Å². The Morgan fingerprint density at radius 1 is 1.24 bits per heavy atom. The highest BCUT2D eigenvalue weighted by Gasteiger charge is 2.24. The van der Waals surface area contributed by atoms with E-state index in [9.17, 15) is 5.11 Å². The van der Waals surface area contributed by atoms with Crippen LogP contribution in [0.1, 0.15) is 32.4 Å². The molecule has 94 valence electrons. The summed E-state index contributed by atoms with van der Waals surface area (Å²) in [4.78, 5) is 2.31. The minimum absolute atomic E-state index is 0.237. The van der Waals surface area contributed by atoms with Crippen molar-refractivity contribution in [1.82, 2.24) is 0 Å². The molecule has 3 heteroatoms. The van der Waals surface area contributed by atoms with Crippen molar-refractivity contribution in [3.63, 3.8) is 0 Å². The molecule has 3 atom stereocenters. The van der Waals surface area contributed by atoms with Crippen molar-refractivity contribution in [2.75, 3.05) is 18.0 Å². The highest BCUT2D eigenvalue weighted by molar-refractivity contribution is 5.55. The summed E-state index contributed by atoms with van der Waals surface area (Å²) in [6.45, 7) is 7.76. The zero-order valence-electron chi connectivity index (χ0n) is 10.8. The van der Waals surface area contributed by atoms with Crippen LogP contribution in [-0.4, -0.2) is 30.4 Å². The molecule has 2 rings (SSSR count). The van der Waals surface area contributed by atoms with Gasteiger partial charge in [-0.3, -0.25) is 0 Å². The van der Waals surface area contributed by atoms with Crippen LogP contribution in [0.4, 0.5) is 5.69 Å². The molecule has 0 aliphatic carbocycles. The van der Waals surface area contributed by atoms with Gasteiger partial charge in [-0.1, -0.05) is 18.2 Å². The number of para-hydroxylation sites is 1. The van der Waals surface area contributed by atoms with Gasteiger partial charge in [0.1, 0.15) is 0 Å². The monoisotopic (exact) mass is 235 g/mol. The van der Waals surface area contributed by atoms with Gasteiger partial charge in [0.25, 0.3) is 0 Å². The fourth-order valence-electron chi connectivity index (χ4n) is 2.50. The lowest BCUT2D eigenvalue weighted by molar-refractivity contribution is -0.00538. The van der Waals surface area contributed by atoms with E-state index in [4.69, 9.17) is 4.74 Å². The van der Waals surface area contributed by atoms with Crippen LogP contribution in [0.15, 0.2) is 24.3 Å². The maximum Gasteiger partial charge on any atom is 0.0781 e. The third-order valence-corrected chi connectivity index (χ3v) is 3.15. The smallest absolute Gasteiger partial charge is 0.0781 e. The van der Waals surface area contributed by atoms with E-state index in [1.165, 1.54) is 0 Å². The van der Waals surface area contributed by atoms with E-state index < -0.39 is 6.10 Å². The van der Waals surface area contributed by atoms with Gasteiger partial charge in [-0.15, -0.1) is 0 Å². The van der Waals surface area contributed by atoms with Gasteiger partial charge in [0.15, 0.2) is 0 Å². The van der Waals surface area contributed by atoms with Crippen molar-refractivity contribution in [2.24, 2.45) is 0 Å². The Balaban J connectivity index is 2.27. The van der Waals surface area contributed by atoms with Gasteiger partial charge < -0.3 is 14.7 Å². The van der Waals surface area contributed by atoms with E-state index >= 15 is 0 Å². The van der Waals surface area contributed by atoms with Crippen LogP contribution < -0.4 is 4.90 Å². The van der Waals surface area contributed by atoms with Crippen LogP contribution in [0.2, 0.25) is 0 Å². The molecule has 1 aliphatic rings. The Labute approximate surface area is 103 Å². The van der Waals surface area contributed by atoms with Crippen molar-refractivity contribution < 1.29 is 9.84 Å². The number of ether oxygens (including phenoxy) is 1. The first-order valence-electron chi connectivity index (χ1n) is 6.25. The van der Waals surface area contributed by atoms with Gasteiger partial charge in [0.05, 0.1) is 18.3 Å². The van der Waals surface area contributed by atoms with E-state index in [0.29, 0.717) is 0 Å². The second kappa shape index (κ2) is 5.07. The summed E-state index contributed by atoms with van der Waals surface area (Å²) in [7, 11) is 0. The van der Waals surface area contributed by atoms with Gasteiger partial charge in [-0.25, -0.2) is 0 Å². The van der Waals surface area contributed by atoms with Crippen molar-refractivity contribution >= 4 is 5.69 Å². The molecule has 0 spiro atoms. The molecule has 1 aromatic rings. The lowest BCUT2D eigenvalue weighted by atomic mass is 10.1. The van der Waals surface area contributed by atoms with Crippen LogP contribution in [-0.2, 0) is 4.74 Å². The molecule has 1 aliphatic heterocycles. The van der Waals surface area contributed by atoms with Gasteiger partial charge in [-0.05, 0) is 26.8 Å². The van der Waals surface area contributed by atoms with Crippen LogP contribution in [0.5, 0.6) is 0 Å². The van der Waals surface area contributed by atoms with Crippen LogP contribution >= 0.6 is 0 Å². The molecule has 0 saturated carbocycles. The summed E-state index contributed by atoms with van der Waals surface area (Å²) < 4.78 is 5.73. The van der Waals surface area contributed by atoms with E-state index in [2.05, 4.69) is 24.8 Å². The molecule has 1 heterocycles. The Hall–Kier alpha value is -1.06. The molecular weight excluding hydrogens is 214 g/mol. The summed E-state index contributed by atoms with van der Waals surface area (Å²) in [5.74, 6) is 0. The number of rotatable bonds is 2. The standard InChI is InChI=1S/C14H21NO2/c1-10-8-15(9-11(2)17-10)14-7-5-4-6-13(14)12(3)16/h4-7,10-12,16H,8-9H2,1-3H3/t10?,11?,12-/m0/s1. The highest BCUT2D eigenvalue weighted by Crippen LogP contribution is 2.28. The fourth-order valence-corrected chi connectivity index (χ4v) is 2.50. The number of nitrogens with zero attached hydrogens (tertiary/aromatic N) is 1. The van der Waals surface area contributed by atoms with Crippen molar-refractivity contribution in [3.8, 4) is 0 Å². The summed E-state index contributed by atoms with van der Waals surface area (Å²) in [6, 6.07) is 8.06. The molecular formula is C14H21NO2. The lowest BCUT2D eigenvalue weighted by Crippen LogP contribution is -2.45. The quantitative estimate of drug-likeness (QED) is 0.854. The number of morpholine rings is 1. The summed E-state index contributed by atoms with van der Waals surface area (Å²) in [5, 5.41) is 9.81. The van der Waals surface area contributed by atoms with Crippen LogP contribution in [0.25, 0.3) is 0 Å². The second-order valence-electron chi connectivity index (χ2n) is 4.90. The largest absolute Gasteiger partial charge is 0.389 e. The summed E-state index contributed by atoms with van der Waals surface area (Å²) in [5.41, 5.74) is 2.12. The molecule has 1 aromatic carbocycles. The molecule has 0 aromatic heterocycles. The van der Waals surface area contributed by atoms with E-state index in [1.807, 2.05) is 25.1 Å². The maximum atomic E-state index is 9.81. The first-order chi connectivity index (χ1) is 8.08. The van der Waals surface area contributed by atoms with Crippen LogP contribution in [0.3, 0.4) is 0 Å². The molecule has 1 saturated heterocycles. The van der Waals surface area contributed by atoms with Gasteiger partial charge in [-0.2, -0.15) is 0 Å². The van der Waals surface area contributed by atoms with Crippen molar-refractivity contribution in [3.05, 3.63) is 29.8 Å². The molecule has 3 nitrogen and oxygen atoms in total. The third-order valence-electron chi connectivity index (χ3n) is 3.15. The number of anilines is 1. The SMILES string of the molecule is CC1CN(c2ccccc2[C@H](C)O)CC(C)O1. The third kappa shape index (κ3) is 2.79. The average Bonchev–Trinajstić information content (AvgIpc) is 2.27. The normalized spacial score (nSPS) is 26.9. The zero-order chi connectivity index (χ0) is 12.4. The van der Waals surface area contributed by atoms with Crippen molar-refractivity contribution in [2.45, 2.75) is 39.1 Å². The molecule has 1 N–H and O–H groups in total. The van der Waals surface area contributed by atoms with Gasteiger partial charge in [0.2, 0.25) is 0 Å². The topological polar surface area (TPSA) is 32.7 Å². The molecule has 1 fully saturated rings. The first-order valence-corrected chi connectivity index (χ1v) is 6.25. The second-order valence-corrected chi connectivity index (χ2v) is 4.90. The number of hydrogen-bond donors (Lipinski definition) is 1. The average molecular weight is 235 g/mol. The number of aliphatic hydroxyl groups excluding tert-OH is 1. The number of hydrogen-bond acceptors (Lipinski definition) is 3. The molecule has 0 bridgehead atoms. The van der Waals surface area contributed by atoms with E-state index in [0.717, 1.165) is 24.3 Å². The molecule has 2 unspecified atom stereocenters. The minimum Gasteiger partial charge on any atom is -0.389 e. The fraction of sp³-hybridized carbons (Fsp3) is 0.571. The van der Waals surface area contributed by atoms with E-state index in [-0.39, 0.29) is 12.2 Å². The van der Waals surface area contributed by atoms with Crippen molar-refractivity contribution in [1.29, 1.82) is 0 Å². The highest BCUT2D eigenvalue weighted by atomic mass is 16.5. The van der Waals surface area contributed by atoms with Gasteiger partial charge >= 0.3 is 0 Å². The predicted octanol–water partition coefficient (Wildman–Crippen LogP) is 2.35. The number of aliphatic hydroxyl groups is 1. The Kier molecular flexibility index (Phi) is 3.69. The van der Waals surface area contributed by atoms with Crippen LogP contribution in [0, 0.1) is 0 Å². The first kappa shape index (κ1) is 12.4. The lowest BCUT2D eigenvalue weighted by Gasteiger charge is -2.38. The molecule has 17 heavy (non-hydrogen) atoms. The summed E-state index contributed by atoms with van der Waals surface area (Å²) in [6.07, 6.45) is 0.0428. The summed E-state index contributed by atoms with van der Waals surface area (Å²) >= 11 is 0. The Morgan fingerprint density at radius 2 is 1.82 bits per heavy atom. The maximum absolute atomic E-state index is 9.81.